The normalized spacial score (nSPS) is 10.2. The Kier molecular flexibility index (Phi) is 4.20. The molecule has 6 heteroatoms. The Morgan fingerprint density at radius 1 is 1.20 bits per heavy atom. The van der Waals surface area contributed by atoms with Gasteiger partial charge in [0.1, 0.15) is 0 Å². The van der Waals surface area contributed by atoms with Crippen LogP contribution in [0.1, 0.15) is 21.6 Å². The summed E-state index contributed by atoms with van der Waals surface area (Å²) in [5.41, 5.74) is 1.45. The Labute approximate surface area is 121 Å². The van der Waals surface area contributed by atoms with E-state index in [1.807, 2.05) is 6.92 Å². The van der Waals surface area contributed by atoms with E-state index >= 15 is 0 Å². The van der Waals surface area contributed by atoms with E-state index in [4.69, 9.17) is 21.1 Å². The predicted molar refractivity (Wildman–Crippen MR) is 74.8 cm³/mol. The van der Waals surface area contributed by atoms with Crippen LogP contribution < -0.4 is 9.47 Å². The van der Waals surface area contributed by atoms with Crippen molar-refractivity contribution in [2.24, 2.45) is 0 Å². The van der Waals surface area contributed by atoms with E-state index < -0.39 is 0 Å². The zero-order chi connectivity index (χ0) is 14.7. The molecule has 0 N–H and O–H groups in total. The molecule has 0 aliphatic carbocycles. The molecule has 0 saturated carbocycles. The summed E-state index contributed by atoms with van der Waals surface area (Å²) in [7, 11) is 2.88. The van der Waals surface area contributed by atoms with Crippen LogP contribution in [0.5, 0.6) is 11.8 Å². The van der Waals surface area contributed by atoms with Gasteiger partial charge in [-0.3, -0.25) is 4.79 Å². The summed E-state index contributed by atoms with van der Waals surface area (Å²) < 4.78 is 10.0. The lowest BCUT2D eigenvalue weighted by molar-refractivity contribution is 0.103. The number of rotatable bonds is 4. The molecule has 0 aliphatic rings. The number of carbonyl (C=O) groups is 1. The molecular formula is C14H13ClN2O3. The molecule has 1 heterocycles. The van der Waals surface area contributed by atoms with Crippen LogP contribution in [-0.2, 0) is 0 Å². The number of hydrogen-bond acceptors (Lipinski definition) is 5. The van der Waals surface area contributed by atoms with Gasteiger partial charge >= 0.3 is 0 Å². The van der Waals surface area contributed by atoms with E-state index in [0.717, 1.165) is 5.56 Å². The Morgan fingerprint density at radius 2 is 1.95 bits per heavy atom. The molecule has 1 aromatic heterocycles. The van der Waals surface area contributed by atoms with Crippen molar-refractivity contribution in [2.45, 2.75) is 6.92 Å². The quantitative estimate of drug-likeness (QED) is 0.811. The van der Waals surface area contributed by atoms with E-state index in [0.29, 0.717) is 10.6 Å². The fourth-order valence-electron chi connectivity index (χ4n) is 1.76. The molecule has 0 saturated heterocycles. The number of methoxy groups -OCH3 is 2. The molecule has 0 radical (unpaired) electrons. The van der Waals surface area contributed by atoms with Gasteiger partial charge < -0.3 is 9.47 Å². The van der Waals surface area contributed by atoms with Crippen molar-refractivity contribution in [3.05, 3.63) is 46.2 Å². The molecule has 0 unspecified atom stereocenters. The molecule has 5 nitrogen and oxygen atoms in total. The summed E-state index contributed by atoms with van der Waals surface area (Å²) in [6, 6.07) is 5.09. The topological polar surface area (TPSA) is 61.3 Å². The first-order valence-electron chi connectivity index (χ1n) is 5.82. The lowest BCUT2D eigenvalue weighted by Crippen LogP contribution is -2.09. The number of hydrogen-bond donors (Lipinski definition) is 0. The third-order valence-corrected chi connectivity index (χ3v) is 2.86. The fraction of sp³-hybridized carbons (Fsp3) is 0.214. The molecular weight excluding hydrogens is 280 g/mol. The monoisotopic (exact) mass is 292 g/mol. The van der Waals surface area contributed by atoms with Gasteiger partial charge in [0.15, 0.2) is 5.69 Å². The molecule has 0 spiro atoms. The maximum absolute atomic E-state index is 12.4. The summed E-state index contributed by atoms with van der Waals surface area (Å²) in [6.45, 7) is 1.86. The second-order valence-electron chi connectivity index (χ2n) is 4.12. The molecule has 0 aliphatic heterocycles. The Bertz CT molecular complexity index is 639. The van der Waals surface area contributed by atoms with E-state index in [1.165, 1.54) is 20.4 Å². The lowest BCUT2D eigenvalue weighted by Gasteiger charge is -2.08. The molecule has 0 bridgehead atoms. The molecule has 104 valence electrons. The van der Waals surface area contributed by atoms with Gasteiger partial charge in [0, 0.05) is 10.6 Å². The highest BCUT2D eigenvalue weighted by Crippen LogP contribution is 2.22. The van der Waals surface area contributed by atoms with Gasteiger partial charge in [0.05, 0.1) is 20.4 Å². The van der Waals surface area contributed by atoms with Crippen molar-refractivity contribution < 1.29 is 14.3 Å². The van der Waals surface area contributed by atoms with Gasteiger partial charge in [-0.25, -0.2) is 4.98 Å². The first-order chi connectivity index (χ1) is 9.55. The average molecular weight is 293 g/mol. The lowest BCUT2D eigenvalue weighted by atomic mass is 10.1. The van der Waals surface area contributed by atoms with Gasteiger partial charge in [-0.05, 0) is 30.7 Å². The number of benzene rings is 1. The molecule has 0 fully saturated rings. The van der Waals surface area contributed by atoms with E-state index in [9.17, 15) is 4.79 Å². The Morgan fingerprint density at radius 3 is 2.55 bits per heavy atom. The summed E-state index contributed by atoms with van der Waals surface area (Å²) >= 11 is 5.96. The minimum absolute atomic E-state index is 0.118. The van der Waals surface area contributed by atoms with Crippen LogP contribution in [-0.4, -0.2) is 30.0 Å². The highest BCUT2D eigenvalue weighted by Gasteiger charge is 2.19. The van der Waals surface area contributed by atoms with E-state index in [1.54, 1.807) is 18.2 Å². The number of ether oxygens (including phenoxy) is 2. The number of carbonyl (C=O) groups excluding carboxylic acids is 1. The maximum Gasteiger partial charge on any atom is 0.247 e. The van der Waals surface area contributed by atoms with Gasteiger partial charge in [-0.15, -0.1) is 0 Å². The largest absolute Gasteiger partial charge is 0.480 e. The molecule has 0 amide bonds. The van der Waals surface area contributed by atoms with Crippen LogP contribution in [0.25, 0.3) is 0 Å². The van der Waals surface area contributed by atoms with Crippen molar-refractivity contribution in [3.63, 3.8) is 0 Å². The second-order valence-corrected chi connectivity index (χ2v) is 4.55. The first kappa shape index (κ1) is 14.3. The second kappa shape index (κ2) is 5.88. The number of halogens is 1. The van der Waals surface area contributed by atoms with Crippen molar-refractivity contribution in [1.29, 1.82) is 0 Å². The van der Waals surface area contributed by atoms with Crippen LogP contribution in [0.2, 0.25) is 5.02 Å². The summed E-state index contributed by atoms with van der Waals surface area (Å²) in [5, 5.41) is 0.494. The Hall–Kier alpha value is -2.14. The molecule has 2 aromatic rings. The summed E-state index contributed by atoms with van der Waals surface area (Å²) in [6.07, 6.45) is 1.37. The van der Waals surface area contributed by atoms with E-state index in [-0.39, 0.29) is 23.2 Å². The zero-order valence-corrected chi connectivity index (χ0v) is 12.1. The van der Waals surface area contributed by atoms with Crippen molar-refractivity contribution in [3.8, 4) is 11.8 Å². The summed E-state index contributed by atoms with van der Waals surface area (Å²) in [4.78, 5) is 20.5. The van der Waals surface area contributed by atoms with Gasteiger partial charge in [0.25, 0.3) is 0 Å². The third-order valence-electron chi connectivity index (χ3n) is 2.64. The highest BCUT2D eigenvalue weighted by atomic mass is 35.5. The molecule has 0 atom stereocenters. The number of aromatic nitrogens is 2. The fourth-order valence-corrected chi connectivity index (χ4v) is 2.05. The molecule has 2 rings (SSSR count). The SMILES string of the molecule is COc1cnc(C(=O)c2cc(C)cc(Cl)c2)c(OC)n1. The maximum atomic E-state index is 12.4. The van der Waals surface area contributed by atoms with Crippen LogP contribution in [0.4, 0.5) is 0 Å². The predicted octanol–water partition coefficient (Wildman–Crippen LogP) is 2.69. The Balaban J connectivity index is 2.47. The standard InChI is InChI=1S/C14H13ClN2O3/c1-8-4-9(6-10(15)5-8)13(18)12-14(20-3)17-11(19-2)7-16-12/h4-7H,1-3H3. The smallest absolute Gasteiger partial charge is 0.247 e. The molecule has 1 aromatic carbocycles. The average Bonchev–Trinajstić information content (AvgIpc) is 2.44. The number of nitrogens with zero attached hydrogens (tertiary/aromatic N) is 2. The highest BCUT2D eigenvalue weighted by molar-refractivity contribution is 6.31. The summed E-state index contributed by atoms with van der Waals surface area (Å²) in [5.74, 6) is 0.0928. The van der Waals surface area contributed by atoms with Crippen molar-refractivity contribution in [1.82, 2.24) is 9.97 Å². The third kappa shape index (κ3) is 2.88. The van der Waals surface area contributed by atoms with Crippen LogP contribution in [0.15, 0.2) is 24.4 Å². The van der Waals surface area contributed by atoms with Crippen LogP contribution >= 0.6 is 11.6 Å². The minimum atomic E-state index is -0.303. The van der Waals surface area contributed by atoms with Gasteiger partial charge in [-0.2, -0.15) is 4.98 Å². The number of ketones is 1. The minimum Gasteiger partial charge on any atom is -0.480 e. The first-order valence-corrected chi connectivity index (χ1v) is 6.20. The van der Waals surface area contributed by atoms with Gasteiger partial charge in [-0.1, -0.05) is 11.6 Å². The van der Waals surface area contributed by atoms with Gasteiger partial charge in [0.2, 0.25) is 17.5 Å². The van der Waals surface area contributed by atoms with Crippen LogP contribution in [0.3, 0.4) is 0 Å². The number of aryl methyl sites for hydroxylation is 1. The molecule has 20 heavy (non-hydrogen) atoms. The van der Waals surface area contributed by atoms with Crippen molar-refractivity contribution >= 4 is 17.4 Å². The van der Waals surface area contributed by atoms with E-state index in [2.05, 4.69) is 9.97 Å². The van der Waals surface area contributed by atoms with Crippen molar-refractivity contribution in [2.75, 3.05) is 14.2 Å². The van der Waals surface area contributed by atoms with Crippen LogP contribution in [0, 0.1) is 6.92 Å². The zero-order valence-electron chi connectivity index (χ0n) is 11.3.